The average molecular weight is 499 g/mol. The lowest BCUT2D eigenvalue weighted by Crippen LogP contribution is -2.39. The molecular formula is C30H34N4O3. The molecule has 1 heterocycles. The number of rotatable bonds is 10. The zero-order chi connectivity index (χ0) is 26.4. The highest BCUT2D eigenvalue weighted by Crippen LogP contribution is 2.21. The molecule has 0 bridgehead atoms. The number of nitrogens with one attached hydrogen (secondary N) is 1. The van der Waals surface area contributed by atoms with Gasteiger partial charge in [-0.05, 0) is 69.2 Å². The first-order valence-electron chi connectivity index (χ1n) is 12.6. The van der Waals surface area contributed by atoms with Crippen LogP contribution in [0.5, 0.6) is 5.75 Å². The SMILES string of the molecule is Cc1ccc(C)c(OCC(=O)NCCc2nc3ccccc3n2CC(=O)N(c2ccccc2)C(C)C)c1. The molecule has 2 amide bonds. The van der Waals surface area contributed by atoms with E-state index >= 15 is 0 Å². The molecular weight excluding hydrogens is 464 g/mol. The lowest BCUT2D eigenvalue weighted by atomic mass is 10.1. The van der Waals surface area contributed by atoms with Crippen molar-refractivity contribution in [1.82, 2.24) is 14.9 Å². The van der Waals surface area contributed by atoms with Crippen LogP contribution in [-0.2, 0) is 22.6 Å². The molecule has 192 valence electrons. The minimum atomic E-state index is -0.199. The van der Waals surface area contributed by atoms with Crippen LogP contribution >= 0.6 is 0 Å². The lowest BCUT2D eigenvalue weighted by molar-refractivity contribution is -0.123. The van der Waals surface area contributed by atoms with E-state index in [-0.39, 0.29) is 31.0 Å². The molecule has 7 nitrogen and oxygen atoms in total. The maximum absolute atomic E-state index is 13.5. The van der Waals surface area contributed by atoms with E-state index in [0.29, 0.717) is 18.7 Å². The molecule has 0 atom stereocenters. The van der Waals surface area contributed by atoms with Gasteiger partial charge in [-0.15, -0.1) is 0 Å². The minimum Gasteiger partial charge on any atom is -0.483 e. The molecule has 7 heteroatoms. The Morgan fingerprint density at radius 3 is 2.49 bits per heavy atom. The molecule has 1 aromatic heterocycles. The van der Waals surface area contributed by atoms with Crippen molar-refractivity contribution in [2.45, 2.75) is 46.7 Å². The Morgan fingerprint density at radius 1 is 1.00 bits per heavy atom. The molecule has 0 saturated carbocycles. The van der Waals surface area contributed by atoms with Gasteiger partial charge in [0.25, 0.3) is 5.91 Å². The molecule has 0 spiro atoms. The fourth-order valence-corrected chi connectivity index (χ4v) is 4.39. The lowest BCUT2D eigenvalue weighted by Gasteiger charge is -2.27. The smallest absolute Gasteiger partial charge is 0.257 e. The summed E-state index contributed by atoms with van der Waals surface area (Å²) in [5.74, 6) is 1.25. The van der Waals surface area contributed by atoms with E-state index in [2.05, 4.69) is 5.32 Å². The molecule has 4 rings (SSSR count). The number of carbonyl (C=O) groups excluding carboxylic acids is 2. The van der Waals surface area contributed by atoms with E-state index in [1.165, 1.54) is 0 Å². The molecule has 0 radical (unpaired) electrons. The van der Waals surface area contributed by atoms with Gasteiger partial charge < -0.3 is 19.5 Å². The summed E-state index contributed by atoms with van der Waals surface area (Å²) in [5.41, 5.74) is 4.66. The number of ether oxygens (including phenoxy) is 1. The maximum Gasteiger partial charge on any atom is 0.257 e. The number of benzene rings is 3. The van der Waals surface area contributed by atoms with Crippen LogP contribution in [0.15, 0.2) is 72.8 Å². The van der Waals surface area contributed by atoms with Crippen LogP contribution in [0.25, 0.3) is 11.0 Å². The number of para-hydroxylation sites is 3. The zero-order valence-electron chi connectivity index (χ0n) is 21.9. The van der Waals surface area contributed by atoms with Gasteiger partial charge in [0.05, 0.1) is 11.0 Å². The van der Waals surface area contributed by atoms with Crippen LogP contribution in [0.4, 0.5) is 5.69 Å². The van der Waals surface area contributed by atoms with Crippen molar-refractivity contribution in [1.29, 1.82) is 0 Å². The third-order valence-corrected chi connectivity index (χ3v) is 6.22. The van der Waals surface area contributed by atoms with Crippen LogP contribution in [0.1, 0.15) is 30.8 Å². The van der Waals surface area contributed by atoms with Crippen molar-refractivity contribution in [3.63, 3.8) is 0 Å². The van der Waals surface area contributed by atoms with Gasteiger partial charge in [0.1, 0.15) is 18.1 Å². The molecule has 0 aliphatic heterocycles. The first-order chi connectivity index (χ1) is 17.8. The highest BCUT2D eigenvalue weighted by molar-refractivity contribution is 5.94. The van der Waals surface area contributed by atoms with Crippen molar-refractivity contribution in [2.24, 2.45) is 0 Å². The topological polar surface area (TPSA) is 76.5 Å². The van der Waals surface area contributed by atoms with Crippen molar-refractivity contribution in [3.05, 3.63) is 89.7 Å². The van der Waals surface area contributed by atoms with Crippen molar-refractivity contribution in [2.75, 3.05) is 18.1 Å². The number of aryl methyl sites for hydroxylation is 2. The highest BCUT2D eigenvalue weighted by atomic mass is 16.5. The number of carbonyl (C=O) groups is 2. The predicted octanol–water partition coefficient (Wildman–Crippen LogP) is 4.83. The van der Waals surface area contributed by atoms with E-state index in [4.69, 9.17) is 9.72 Å². The maximum atomic E-state index is 13.5. The molecule has 37 heavy (non-hydrogen) atoms. The van der Waals surface area contributed by atoms with Gasteiger partial charge in [-0.1, -0.05) is 42.5 Å². The summed E-state index contributed by atoms with van der Waals surface area (Å²) in [5, 5.41) is 2.91. The number of fused-ring (bicyclic) bond motifs is 1. The van der Waals surface area contributed by atoms with Gasteiger partial charge in [0, 0.05) is 24.7 Å². The average Bonchev–Trinajstić information content (AvgIpc) is 3.22. The fraction of sp³-hybridized carbons (Fsp3) is 0.300. The monoisotopic (exact) mass is 498 g/mol. The van der Waals surface area contributed by atoms with Crippen molar-refractivity contribution in [3.8, 4) is 5.75 Å². The molecule has 0 saturated heterocycles. The Morgan fingerprint density at radius 2 is 1.73 bits per heavy atom. The fourth-order valence-electron chi connectivity index (χ4n) is 4.39. The van der Waals surface area contributed by atoms with Gasteiger partial charge in [-0.25, -0.2) is 4.98 Å². The highest BCUT2D eigenvalue weighted by Gasteiger charge is 2.22. The first-order valence-corrected chi connectivity index (χ1v) is 12.6. The summed E-state index contributed by atoms with van der Waals surface area (Å²) >= 11 is 0. The van der Waals surface area contributed by atoms with Gasteiger partial charge in [0.2, 0.25) is 5.91 Å². The van der Waals surface area contributed by atoms with Gasteiger partial charge >= 0.3 is 0 Å². The minimum absolute atomic E-state index is 0.00413. The molecule has 3 aromatic carbocycles. The van der Waals surface area contributed by atoms with E-state index < -0.39 is 0 Å². The standard InChI is InChI=1S/C30H34N4O3/c1-21(2)34(24-10-6-5-7-11-24)30(36)19-33-26-13-9-8-12-25(26)32-28(33)16-17-31-29(35)20-37-27-18-22(3)14-15-23(27)4/h5-15,18,21H,16-17,19-20H2,1-4H3,(H,31,35). The number of anilines is 1. The van der Waals surface area contributed by atoms with E-state index in [9.17, 15) is 9.59 Å². The molecule has 4 aromatic rings. The summed E-state index contributed by atoms with van der Waals surface area (Å²) in [7, 11) is 0. The number of amides is 2. The second kappa shape index (κ2) is 11.7. The Kier molecular flexibility index (Phi) is 8.23. The van der Waals surface area contributed by atoms with E-state index in [1.54, 1.807) is 0 Å². The van der Waals surface area contributed by atoms with E-state index in [1.807, 2.05) is 110 Å². The van der Waals surface area contributed by atoms with Crippen molar-refractivity contribution < 1.29 is 14.3 Å². The molecule has 0 aliphatic rings. The number of aromatic nitrogens is 2. The molecule has 0 fully saturated rings. The van der Waals surface area contributed by atoms with Crippen LogP contribution in [0.2, 0.25) is 0 Å². The van der Waals surface area contributed by atoms with Crippen LogP contribution in [0, 0.1) is 13.8 Å². The van der Waals surface area contributed by atoms with E-state index in [0.717, 1.165) is 33.7 Å². The van der Waals surface area contributed by atoms with Crippen molar-refractivity contribution >= 4 is 28.5 Å². The van der Waals surface area contributed by atoms with Crippen LogP contribution < -0.4 is 15.0 Å². The number of hydrogen-bond acceptors (Lipinski definition) is 4. The largest absolute Gasteiger partial charge is 0.483 e. The molecule has 0 unspecified atom stereocenters. The van der Waals surface area contributed by atoms with Crippen LogP contribution in [-0.4, -0.2) is 40.6 Å². The summed E-state index contributed by atoms with van der Waals surface area (Å²) in [4.78, 5) is 32.5. The molecule has 1 N–H and O–H groups in total. The zero-order valence-corrected chi connectivity index (χ0v) is 21.9. The Bertz CT molecular complexity index is 1380. The summed E-state index contributed by atoms with van der Waals surface area (Å²) in [6.45, 7) is 8.45. The second-order valence-corrected chi connectivity index (χ2v) is 9.45. The van der Waals surface area contributed by atoms with Gasteiger partial charge in [-0.3, -0.25) is 9.59 Å². The number of imidazole rings is 1. The number of nitrogens with zero attached hydrogens (tertiary/aromatic N) is 3. The predicted molar refractivity (Wildman–Crippen MR) is 147 cm³/mol. The third-order valence-electron chi connectivity index (χ3n) is 6.22. The third kappa shape index (κ3) is 6.36. The number of hydrogen-bond donors (Lipinski definition) is 1. The molecule has 0 aliphatic carbocycles. The summed E-state index contributed by atoms with van der Waals surface area (Å²) in [6.07, 6.45) is 0.490. The van der Waals surface area contributed by atoms with Gasteiger partial charge in [-0.2, -0.15) is 0 Å². The normalized spacial score (nSPS) is 11.1. The second-order valence-electron chi connectivity index (χ2n) is 9.45. The van der Waals surface area contributed by atoms with Crippen LogP contribution in [0.3, 0.4) is 0 Å². The van der Waals surface area contributed by atoms with Gasteiger partial charge in [0.15, 0.2) is 6.61 Å². The summed E-state index contributed by atoms with van der Waals surface area (Å²) in [6, 6.07) is 23.4. The summed E-state index contributed by atoms with van der Waals surface area (Å²) < 4.78 is 7.67. The Labute approximate surface area is 218 Å². The Balaban J connectivity index is 1.44. The quantitative estimate of drug-likeness (QED) is 0.340. The first kappa shape index (κ1) is 25.9. The Hall–Kier alpha value is -4.13.